The minimum Gasteiger partial charge on any atom is -0.497 e. The highest BCUT2D eigenvalue weighted by molar-refractivity contribution is 5.87. The first-order valence-electron chi connectivity index (χ1n) is 6.79. The van der Waals surface area contributed by atoms with Crippen molar-refractivity contribution in [1.29, 1.82) is 0 Å². The normalized spacial score (nSPS) is 25.9. The van der Waals surface area contributed by atoms with Gasteiger partial charge in [0.15, 0.2) is 0 Å². The van der Waals surface area contributed by atoms with Crippen LogP contribution in [0.5, 0.6) is 5.75 Å². The van der Waals surface area contributed by atoms with E-state index in [0.717, 1.165) is 24.2 Å². The Kier molecular flexibility index (Phi) is 3.12. The fourth-order valence-corrected chi connectivity index (χ4v) is 2.95. The number of benzene rings is 1. The third-order valence-electron chi connectivity index (χ3n) is 4.08. The number of carboxylic acid groups (broad SMARTS) is 1. The van der Waals surface area contributed by atoms with Gasteiger partial charge < -0.3 is 14.7 Å². The van der Waals surface area contributed by atoms with Gasteiger partial charge in [-0.25, -0.2) is 0 Å². The van der Waals surface area contributed by atoms with E-state index in [-0.39, 0.29) is 24.4 Å². The van der Waals surface area contributed by atoms with Gasteiger partial charge in [0.1, 0.15) is 5.75 Å². The first-order valence-corrected chi connectivity index (χ1v) is 6.79. The van der Waals surface area contributed by atoms with Gasteiger partial charge >= 0.3 is 5.97 Å². The second-order valence-corrected chi connectivity index (χ2v) is 5.40. The van der Waals surface area contributed by atoms with Crippen molar-refractivity contribution in [1.82, 2.24) is 4.90 Å². The Bertz CT molecular complexity index is 535. The Labute approximate surface area is 117 Å². The molecule has 0 unspecified atom stereocenters. The summed E-state index contributed by atoms with van der Waals surface area (Å²) in [4.78, 5) is 25.3. The van der Waals surface area contributed by atoms with E-state index in [1.165, 1.54) is 0 Å². The maximum Gasteiger partial charge on any atom is 0.309 e. The lowest BCUT2D eigenvalue weighted by Gasteiger charge is -2.27. The lowest BCUT2D eigenvalue weighted by Crippen LogP contribution is -2.32. The van der Waals surface area contributed by atoms with E-state index >= 15 is 0 Å². The maximum atomic E-state index is 12.1. The summed E-state index contributed by atoms with van der Waals surface area (Å²) in [6, 6.07) is 7.20. The van der Waals surface area contributed by atoms with Crippen LogP contribution in [-0.4, -0.2) is 35.0 Å². The molecule has 1 aromatic carbocycles. The van der Waals surface area contributed by atoms with E-state index in [4.69, 9.17) is 4.74 Å². The van der Waals surface area contributed by atoms with Crippen LogP contribution in [0.2, 0.25) is 0 Å². The van der Waals surface area contributed by atoms with Gasteiger partial charge in [0.2, 0.25) is 5.91 Å². The molecule has 1 saturated heterocycles. The number of carbonyl (C=O) groups excluding carboxylic acids is 1. The molecule has 1 aliphatic carbocycles. The molecular formula is C15H17NO4. The molecule has 0 bridgehead atoms. The van der Waals surface area contributed by atoms with Crippen molar-refractivity contribution in [3.63, 3.8) is 0 Å². The van der Waals surface area contributed by atoms with Gasteiger partial charge in [-0.1, -0.05) is 12.1 Å². The quantitative estimate of drug-likeness (QED) is 0.910. The van der Waals surface area contributed by atoms with Crippen molar-refractivity contribution >= 4 is 11.9 Å². The van der Waals surface area contributed by atoms with Crippen molar-refractivity contribution in [2.75, 3.05) is 7.11 Å². The van der Waals surface area contributed by atoms with Crippen LogP contribution in [0, 0.1) is 5.92 Å². The van der Waals surface area contributed by atoms with Gasteiger partial charge in [-0.2, -0.15) is 0 Å². The fourth-order valence-electron chi connectivity index (χ4n) is 2.95. The van der Waals surface area contributed by atoms with Crippen molar-refractivity contribution in [2.24, 2.45) is 5.92 Å². The topological polar surface area (TPSA) is 66.8 Å². The smallest absolute Gasteiger partial charge is 0.309 e. The Hall–Kier alpha value is -2.04. The third kappa shape index (κ3) is 2.13. The van der Waals surface area contributed by atoms with Gasteiger partial charge in [0, 0.05) is 12.5 Å². The molecule has 5 nitrogen and oxygen atoms in total. The Morgan fingerprint density at radius 1 is 1.30 bits per heavy atom. The summed E-state index contributed by atoms with van der Waals surface area (Å²) in [5.74, 6) is -0.873. The van der Waals surface area contributed by atoms with Crippen molar-refractivity contribution in [3.8, 4) is 5.75 Å². The van der Waals surface area contributed by atoms with E-state index in [0.29, 0.717) is 0 Å². The van der Waals surface area contributed by atoms with Crippen LogP contribution in [0.25, 0.3) is 0 Å². The van der Waals surface area contributed by atoms with E-state index in [9.17, 15) is 14.7 Å². The first kappa shape index (κ1) is 13.0. The summed E-state index contributed by atoms with van der Waals surface area (Å²) in [6.45, 7) is 0. The predicted octanol–water partition coefficient (Wildman–Crippen LogP) is 1.83. The van der Waals surface area contributed by atoms with Crippen molar-refractivity contribution < 1.29 is 19.4 Å². The summed E-state index contributed by atoms with van der Waals surface area (Å²) >= 11 is 0. The summed E-state index contributed by atoms with van der Waals surface area (Å²) in [6.07, 6.45) is 2.05. The van der Waals surface area contributed by atoms with Gasteiger partial charge in [-0.15, -0.1) is 0 Å². The largest absolute Gasteiger partial charge is 0.497 e. The van der Waals surface area contributed by atoms with Gasteiger partial charge in [0.05, 0.1) is 19.1 Å². The molecule has 3 rings (SSSR count). The van der Waals surface area contributed by atoms with Gasteiger partial charge in [-0.05, 0) is 30.5 Å². The zero-order valence-corrected chi connectivity index (χ0v) is 11.3. The first-order chi connectivity index (χ1) is 9.61. The monoisotopic (exact) mass is 275 g/mol. The molecule has 106 valence electrons. The maximum absolute atomic E-state index is 12.1. The lowest BCUT2D eigenvalue weighted by molar-refractivity contribution is -0.142. The molecule has 5 heteroatoms. The third-order valence-corrected chi connectivity index (χ3v) is 4.08. The minimum absolute atomic E-state index is 0.0410. The van der Waals surface area contributed by atoms with E-state index in [1.807, 2.05) is 24.3 Å². The molecule has 1 heterocycles. The molecule has 0 aromatic heterocycles. The number of methoxy groups -OCH3 is 1. The number of likely N-dealkylation sites (tertiary alicyclic amines) is 1. The predicted molar refractivity (Wildman–Crippen MR) is 71.3 cm³/mol. The zero-order valence-electron chi connectivity index (χ0n) is 11.3. The molecule has 1 aliphatic heterocycles. The molecule has 1 N–H and O–H groups in total. The SMILES string of the molecule is COc1ccc([C@@H]2[C@@H](C(=O)O)CC(=O)N2C2CC2)cc1. The number of rotatable bonds is 4. The molecule has 1 amide bonds. The summed E-state index contributed by atoms with van der Waals surface area (Å²) in [5.41, 5.74) is 0.871. The van der Waals surface area contributed by atoms with Crippen LogP contribution in [0.3, 0.4) is 0 Å². The van der Waals surface area contributed by atoms with E-state index in [1.54, 1.807) is 12.0 Å². The van der Waals surface area contributed by atoms with Crippen LogP contribution in [-0.2, 0) is 9.59 Å². The highest BCUT2D eigenvalue weighted by Crippen LogP contribution is 2.45. The Morgan fingerprint density at radius 2 is 1.95 bits per heavy atom. The van der Waals surface area contributed by atoms with E-state index in [2.05, 4.69) is 0 Å². The van der Waals surface area contributed by atoms with Crippen LogP contribution in [0.15, 0.2) is 24.3 Å². The number of amides is 1. The summed E-state index contributed by atoms with van der Waals surface area (Å²) in [5, 5.41) is 9.38. The van der Waals surface area contributed by atoms with Gasteiger partial charge in [0.25, 0.3) is 0 Å². The second-order valence-electron chi connectivity index (χ2n) is 5.40. The lowest BCUT2D eigenvalue weighted by atomic mass is 9.93. The molecule has 1 saturated carbocycles. The average Bonchev–Trinajstić information content (AvgIpc) is 3.22. The minimum atomic E-state index is -0.901. The summed E-state index contributed by atoms with van der Waals surface area (Å²) in [7, 11) is 1.59. The number of carboxylic acids is 1. The van der Waals surface area contributed by atoms with Crippen LogP contribution < -0.4 is 4.74 Å². The molecule has 0 radical (unpaired) electrons. The van der Waals surface area contributed by atoms with Crippen LogP contribution in [0.4, 0.5) is 0 Å². The van der Waals surface area contributed by atoms with Crippen molar-refractivity contribution in [3.05, 3.63) is 29.8 Å². The van der Waals surface area contributed by atoms with Crippen molar-refractivity contribution in [2.45, 2.75) is 31.3 Å². The molecular weight excluding hydrogens is 258 g/mol. The number of ether oxygens (including phenoxy) is 1. The number of hydrogen-bond acceptors (Lipinski definition) is 3. The second kappa shape index (κ2) is 4.81. The average molecular weight is 275 g/mol. The zero-order chi connectivity index (χ0) is 14.3. The highest BCUT2D eigenvalue weighted by atomic mass is 16.5. The fraction of sp³-hybridized carbons (Fsp3) is 0.467. The number of aliphatic carboxylic acids is 1. The number of nitrogens with zero attached hydrogens (tertiary/aromatic N) is 1. The number of carbonyl (C=O) groups is 2. The molecule has 2 fully saturated rings. The van der Waals surface area contributed by atoms with Crippen LogP contribution >= 0.6 is 0 Å². The highest BCUT2D eigenvalue weighted by Gasteiger charge is 2.49. The molecule has 2 atom stereocenters. The van der Waals surface area contributed by atoms with Crippen LogP contribution in [0.1, 0.15) is 30.9 Å². The molecule has 2 aliphatic rings. The molecule has 0 spiro atoms. The molecule has 1 aromatic rings. The van der Waals surface area contributed by atoms with E-state index < -0.39 is 11.9 Å². The molecule has 20 heavy (non-hydrogen) atoms. The Balaban J connectivity index is 1.95. The standard InChI is InChI=1S/C15H17NO4/c1-20-11-6-2-9(3-7-11)14-12(15(18)19)8-13(17)16(14)10-4-5-10/h2-3,6-7,10,12,14H,4-5,8H2,1H3,(H,18,19)/t12-,14+/m0/s1. The van der Waals surface area contributed by atoms with Gasteiger partial charge in [-0.3, -0.25) is 9.59 Å². The summed E-state index contributed by atoms with van der Waals surface area (Å²) < 4.78 is 5.12. The Morgan fingerprint density at radius 3 is 2.45 bits per heavy atom. The number of hydrogen-bond donors (Lipinski definition) is 1.